The van der Waals surface area contributed by atoms with Crippen molar-refractivity contribution in [3.63, 3.8) is 0 Å². The Morgan fingerprint density at radius 3 is 2.05 bits per heavy atom. The monoisotopic (exact) mass is 282 g/mol. The molecule has 1 saturated heterocycles. The fourth-order valence-electron chi connectivity index (χ4n) is 4.50. The molecule has 0 aromatic heterocycles. The van der Waals surface area contributed by atoms with Crippen molar-refractivity contribution in [3.05, 3.63) is 0 Å². The van der Waals surface area contributed by atoms with E-state index in [2.05, 4.69) is 13.5 Å². The highest BCUT2D eigenvalue weighted by molar-refractivity contribution is 6.78. The highest BCUT2D eigenvalue weighted by Gasteiger charge is 2.37. The summed E-state index contributed by atoms with van der Waals surface area (Å²) >= 11 is 0. The lowest BCUT2D eigenvalue weighted by Crippen LogP contribution is -2.37. The highest BCUT2D eigenvalue weighted by Crippen LogP contribution is 2.43. The first-order chi connectivity index (χ1) is 9.04. The van der Waals surface area contributed by atoms with E-state index in [0.29, 0.717) is 0 Å². The summed E-state index contributed by atoms with van der Waals surface area (Å²) < 4.78 is 0. The molecule has 0 aromatic rings. The zero-order valence-electron chi connectivity index (χ0n) is 12.7. The molecule has 19 heavy (non-hydrogen) atoms. The Morgan fingerprint density at radius 2 is 1.58 bits per heavy atom. The molecule has 0 amide bonds. The van der Waals surface area contributed by atoms with Gasteiger partial charge in [-0.1, -0.05) is 50.9 Å². The van der Waals surface area contributed by atoms with Crippen molar-refractivity contribution in [2.75, 3.05) is 0 Å². The SMILES string of the molecule is CCC[Si]1(C)CCC([C@H]2CC[C@H](C(=O)O)CC2)CC1. The van der Waals surface area contributed by atoms with Crippen LogP contribution in [0.25, 0.3) is 0 Å². The molecule has 0 bridgehead atoms. The molecule has 1 aliphatic carbocycles. The van der Waals surface area contributed by atoms with Crippen LogP contribution in [-0.2, 0) is 4.79 Å². The van der Waals surface area contributed by atoms with Crippen molar-refractivity contribution in [1.29, 1.82) is 0 Å². The molecule has 0 aromatic carbocycles. The number of carbonyl (C=O) groups is 1. The fourth-order valence-corrected chi connectivity index (χ4v) is 8.59. The van der Waals surface area contributed by atoms with E-state index in [-0.39, 0.29) is 5.92 Å². The van der Waals surface area contributed by atoms with E-state index in [1.54, 1.807) is 0 Å². The zero-order valence-corrected chi connectivity index (χ0v) is 13.7. The van der Waals surface area contributed by atoms with Crippen LogP contribution in [0.1, 0.15) is 51.9 Å². The molecular weight excluding hydrogens is 252 g/mol. The summed E-state index contributed by atoms with van der Waals surface area (Å²) in [6, 6.07) is 4.58. The first kappa shape index (κ1) is 15.1. The molecule has 0 radical (unpaired) electrons. The van der Waals surface area contributed by atoms with Crippen molar-refractivity contribution in [2.45, 2.75) is 76.5 Å². The van der Waals surface area contributed by atoms with Gasteiger partial charge in [0.15, 0.2) is 0 Å². The van der Waals surface area contributed by atoms with Gasteiger partial charge in [-0.05, 0) is 37.5 Å². The summed E-state index contributed by atoms with van der Waals surface area (Å²) in [7, 11) is -0.867. The molecule has 3 heteroatoms. The predicted molar refractivity (Wildman–Crippen MR) is 82.1 cm³/mol. The molecule has 2 aliphatic rings. The van der Waals surface area contributed by atoms with Crippen LogP contribution in [0.4, 0.5) is 0 Å². The third-order valence-electron chi connectivity index (χ3n) is 5.88. The Morgan fingerprint density at radius 1 is 1.05 bits per heavy atom. The summed E-state index contributed by atoms with van der Waals surface area (Å²) in [6.07, 6.45) is 8.48. The Labute approximate surface area is 119 Å². The van der Waals surface area contributed by atoms with E-state index in [1.807, 2.05) is 0 Å². The molecule has 1 heterocycles. The molecule has 2 rings (SSSR count). The van der Waals surface area contributed by atoms with Crippen LogP contribution in [0.15, 0.2) is 0 Å². The lowest BCUT2D eigenvalue weighted by Gasteiger charge is -2.40. The topological polar surface area (TPSA) is 37.3 Å². The Kier molecular flexibility index (Phi) is 5.10. The molecular formula is C16H30O2Si. The molecule has 2 fully saturated rings. The van der Waals surface area contributed by atoms with Crippen molar-refractivity contribution >= 4 is 14.0 Å². The van der Waals surface area contributed by atoms with Gasteiger partial charge in [0.05, 0.1) is 14.0 Å². The van der Waals surface area contributed by atoms with Crippen molar-refractivity contribution in [3.8, 4) is 0 Å². The van der Waals surface area contributed by atoms with Crippen LogP contribution in [0.2, 0.25) is 24.7 Å². The predicted octanol–water partition coefficient (Wildman–Crippen LogP) is 4.78. The first-order valence-corrected chi connectivity index (χ1v) is 11.4. The van der Waals surface area contributed by atoms with Gasteiger partial charge in [0.2, 0.25) is 0 Å². The molecule has 1 aliphatic heterocycles. The van der Waals surface area contributed by atoms with E-state index >= 15 is 0 Å². The molecule has 1 saturated carbocycles. The molecule has 2 nitrogen and oxygen atoms in total. The standard InChI is InChI=1S/C16H30O2Si/c1-3-10-19(2)11-8-14(9-12-19)13-4-6-15(7-5-13)16(17)18/h13-15H,3-12H2,1-2H3,(H,17,18)/t13-,14?,15-,19?. The van der Waals surface area contributed by atoms with Crippen LogP contribution < -0.4 is 0 Å². The summed E-state index contributed by atoms with van der Waals surface area (Å²) in [5, 5.41) is 9.07. The van der Waals surface area contributed by atoms with Gasteiger partial charge >= 0.3 is 5.97 Å². The van der Waals surface area contributed by atoms with Gasteiger partial charge in [0.25, 0.3) is 0 Å². The van der Waals surface area contributed by atoms with Crippen molar-refractivity contribution in [2.24, 2.45) is 17.8 Å². The number of hydrogen-bond acceptors (Lipinski definition) is 1. The highest BCUT2D eigenvalue weighted by atomic mass is 28.3. The van der Waals surface area contributed by atoms with E-state index in [1.165, 1.54) is 50.2 Å². The second-order valence-electron chi connectivity index (χ2n) is 7.35. The van der Waals surface area contributed by atoms with E-state index < -0.39 is 14.0 Å². The average Bonchev–Trinajstić information content (AvgIpc) is 2.40. The Balaban J connectivity index is 1.78. The van der Waals surface area contributed by atoms with Crippen LogP contribution in [0.5, 0.6) is 0 Å². The minimum atomic E-state index is -0.867. The Bertz CT molecular complexity index is 300. The Hall–Kier alpha value is -0.313. The van der Waals surface area contributed by atoms with Crippen molar-refractivity contribution in [1.82, 2.24) is 0 Å². The smallest absolute Gasteiger partial charge is 0.306 e. The average molecular weight is 282 g/mol. The first-order valence-electron chi connectivity index (χ1n) is 8.27. The van der Waals surface area contributed by atoms with Crippen LogP contribution in [0, 0.1) is 17.8 Å². The maximum absolute atomic E-state index is 11.0. The number of carboxylic acid groups (broad SMARTS) is 1. The maximum atomic E-state index is 11.0. The molecule has 0 atom stereocenters. The second kappa shape index (κ2) is 6.42. The van der Waals surface area contributed by atoms with Gasteiger partial charge in [-0.15, -0.1) is 0 Å². The third-order valence-corrected chi connectivity index (χ3v) is 10.6. The van der Waals surface area contributed by atoms with E-state index in [4.69, 9.17) is 5.11 Å². The maximum Gasteiger partial charge on any atom is 0.306 e. The lowest BCUT2D eigenvalue weighted by molar-refractivity contribution is -0.143. The summed E-state index contributed by atoms with van der Waals surface area (Å²) in [5.41, 5.74) is 0. The van der Waals surface area contributed by atoms with Gasteiger partial charge in [0, 0.05) is 0 Å². The van der Waals surface area contributed by atoms with Gasteiger partial charge in [-0.2, -0.15) is 0 Å². The van der Waals surface area contributed by atoms with Crippen LogP contribution >= 0.6 is 0 Å². The summed E-state index contributed by atoms with van der Waals surface area (Å²) in [5.74, 6) is 1.16. The summed E-state index contributed by atoms with van der Waals surface area (Å²) in [4.78, 5) is 11.0. The lowest BCUT2D eigenvalue weighted by atomic mass is 9.74. The number of aliphatic carboxylic acids is 1. The number of hydrogen-bond donors (Lipinski definition) is 1. The molecule has 110 valence electrons. The summed E-state index contributed by atoms with van der Waals surface area (Å²) in [6.45, 7) is 4.94. The molecule has 0 spiro atoms. The van der Waals surface area contributed by atoms with Gasteiger partial charge in [0.1, 0.15) is 0 Å². The van der Waals surface area contributed by atoms with Gasteiger partial charge < -0.3 is 5.11 Å². The number of carboxylic acids is 1. The quantitative estimate of drug-likeness (QED) is 0.754. The minimum absolute atomic E-state index is 0.0421. The normalized spacial score (nSPS) is 40.0. The van der Waals surface area contributed by atoms with Crippen molar-refractivity contribution < 1.29 is 9.90 Å². The zero-order chi connectivity index (χ0) is 13.9. The fraction of sp³-hybridized carbons (Fsp3) is 0.938. The van der Waals surface area contributed by atoms with E-state index in [9.17, 15) is 4.79 Å². The van der Waals surface area contributed by atoms with Gasteiger partial charge in [-0.25, -0.2) is 0 Å². The molecule has 1 N–H and O–H groups in total. The van der Waals surface area contributed by atoms with Gasteiger partial charge in [-0.3, -0.25) is 4.79 Å². The second-order valence-corrected chi connectivity index (χ2v) is 12.5. The van der Waals surface area contributed by atoms with E-state index in [0.717, 1.165) is 24.7 Å². The third kappa shape index (κ3) is 3.84. The minimum Gasteiger partial charge on any atom is -0.481 e. The number of rotatable bonds is 4. The van der Waals surface area contributed by atoms with Crippen LogP contribution in [-0.4, -0.2) is 19.1 Å². The largest absolute Gasteiger partial charge is 0.481 e. The molecule has 0 unspecified atom stereocenters. The van der Waals surface area contributed by atoms with Crippen LogP contribution in [0.3, 0.4) is 0 Å².